The number of fused-ring (bicyclic) bond motifs is 1. The first-order valence-corrected chi connectivity index (χ1v) is 8.47. The molecular weight excluding hydrogens is 268 g/mol. The summed E-state index contributed by atoms with van der Waals surface area (Å²) in [6.45, 7) is 0. The molecule has 3 nitrogen and oxygen atoms in total. The molecule has 106 valence electrons. The lowest BCUT2D eigenvalue weighted by Gasteiger charge is -2.16. The van der Waals surface area contributed by atoms with Crippen molar-refractivity contribution in [2.45, 2.75) is 56.6 Å². The van der Waals surface area contributed by atoms with Crippen molar-refractivity contribution in [3.63, 3.8) is 0 Å². The summed E-state index contributed by atoms with van der Waals surface area (Å²) in [6.07, 6.45) is 10.4. The highest BCUT2D eigenvalue weighted by molar-refractivity contribution is 8.03. The Morgan fingerprint density at radius 1 is 1.20 bits per heavy atom. The Hall–Kier alpha value is -1.21. The van der Waals surface area contributed by atoms with Gasteiger partial charge < -0.3 is 5.32 Å². The van der Waals surface area contributed by atoms with Gasteiger partial charge in [-0.15, -0.1) is 11.8 Å². The zero-order chi connectivity index (χ0) is 13.9. The van der Waals surface area contributed by atoms with Gasteiger partial charge in [-0.3, -0.25) is 4.79 Å². The quantitative estimate of drug-likeness (QED) is 0.842. The molecule has 1 aliphatic heterocycles. The minimum absolute atomic E-state index is 0.204. The van der Waals surface area contributed by atoms with Gasteiger partial charge in [-0.25, -0.2) is 0 Å². The molecule has 1 heterocycles. The average Bonchev–Trinajstić information content (AvgIpc) is 2.60. The summed E-state index contributed by atoms with van der Waals surface area (Å²) in [4.78, 5) is 11.5. The van der Waals surface area contributed by atoms with Gasteiger partial charge in [0.25, 0.3) is 0 Å². The molecule has 2 atom stereocenters. The number of carbonyl (C=O) groups excluding carboxylic acids is 1. The molecule has 1 N–H and O–H groups in total. The molecular formula is C16H20N2OS. The van der Waals surface area contributed by atoms with Crippen LogP contribution in [0.25, 0.3) is 0 Å². The van der Waals surface area contributed by atoms with E-state index in [1.165, 1.54) is 25.7 Å². The lowest BCUT2D eigenvalue weighted by molar-refractivity contribution is -0.115. The Labute approximate surface area is 124 Å². The maximum absolute atomic E-state index is 11.5. The summed E-state index contributed by atoms with van der Waals surface area (Å²) >= 11 is 1.83. The normalized spacial score (nSPS) is 30.4. The number of ketones is 1. The van der Waals surface area contributed by atoms with Crippen LogP contribution in [-0.4, -0.2) is 11.0 Å². The number of rotatable bonds is 2. The number of allylic oxidation sites excluding steroid dienone is 3. The molecule has 3 rings (SSSR count). The number of carbonyl (C=O) groups is 1. The fraction of sp³-hybridized carbons (Fsp3) is 0.625. The number of hydrogen-bond acceptors (Lipinski definition) is 4. The van der Waals surface area contributed by atoms with E-state index in [-0.39, 0.29) is 5.78 Å². The van der Waals surface area contributed by atoms with Gasteiger partial charge in [-0.1, -0.05) is 19.3 Å². The number of nitriles is 1. The van der Waals surface area contributed by atoms with Gasteiger partial charge in [-0.05, 0) is 25.7 Å². The third-order valence-electron chi connectivity index (χ3n) is 4.44. The Morgan fingerprint density at radius 3 is 2.85 bits per heavy atom. The van der Waals surface area contributed by atoms with Gasteiger partial charge in [0.05, 0.1) is 16.7 Å². The van der Waals surface area contributed by atoms with Crippen LogP contribution in [0.2, 0.25) is 0 Å². The van der Waals surface area contributed by atoms with E-state index in [1.807, 2.05) is 11.8 Å². The van der Waals surface area contributed by atoms with E-state index in [4.69, 9.17) is 0 Å². The SMILES string of the molecule is N#CC1=C(NC2=CC(=O)CCC2)SC2CCCCCC12. The largest absolute Gasteiger partial charge is 0.353 e. The average molecular weight is 288 g/mol. The third-order valence-corrected chi connectivity index (χ3v) is 5.86. The summed E-state index contributed by atoms with van der Waals surface area (Å²) in [6, 6.07) is 2.43. The summed E-state index contributed by atoms with van der Waals surface area (Å²) < 4.78 is 0. The minimum Gasteiger partial charge on any atom is -0.353 e. The van der Waals surface area contributed by atoms with Crippen molar-refractivity contribution in [3.05, 3.63) is 22.4 Å². The topological polar surface area (TPSA) is 52.9 Å². The molecule has 0 aromatic carbocycles. The highest BCUT2D eigenvalue weighted by Crippen LogP contribution is 2.47. The molecule has 0 saturated heterocycles. The van der Waals surface area contributed by atoms with Crippen molar-refractivity contribution in [2.24, 2.45) is 5.92 Å². The molecule has 1 fully saturated rings. The fourth-order valence-electron chi connectivity index (χ4n) is 3.39. The van der Waals surface area contributed by atoms with Crippen LogP contribution in [0, 0.1) is 17.2 Å². The van der Waals surface area contributed by atoms with Crippen molar-refractivity contribution < 1.29 is 4.79 Å². The van der Waals surface area contributed by atoms with Crippen LogP contribution in [0.15, 0.2) is 22.4 Å². The number of hydrogen-bond donors (Lipinski definition) is 1. The van der Waals surface area contributed by atoms with Gasteiger partial charge in [-0.2, -0.15) is 5.26 Å². The summed E-state index contributed by atoms with van der Waals surface area (Å²) in [5, 5.41) is 14.5. The summed E-state index contributed by atoms with van der Waals surface area (Å²) in [5.74, 6) is 0.630. The molecule has 2 aliphatic carbocycles. The second-order valence-electron chi connectivity index (χ2n) is 5.87. The Bertz CT molecular complexity index is 515. The number of thioether (sulfide) groups is 1. The van der Waals surface area contributed by atoms with Crippen LogP contribution in [0.3, 0.4) is 0 Å². The first-order chi connectivity index (χ1) is 9.78. The van der Waals surface area contributed by atoms with Crippen LogP contribution in [0.1, 0.15) is 51.4 Å². The van der Waals surface area contributed by atoms with E-state index in [1.54, 1.807) is 6.08 Å². The zero-order valence-corrected chi connectivity index (χ0v) is 12.5. The van der Waals surface area contributed by atoms with E-state index in [9.17, 15) is 10.1 Å². The lowest BCUT2D eigenvalue weighted by atomic mass is 9.92. The first kappa shape index (κ1) is 13.8. The Kier molecular flexibility index (Phi) is 4.16. The Morgan fingerprint density at radius 2 is 2.05 bits per heavy atom. The maximum atomic E-state index is 11.5. The smallest absolute Gasteiger partial charge is 0.157 e. The molecule has 4 heteroatoms. The molecule has 0 aromatic rings. The van der Waals surface area contributed by atoms with E-state index >= 15 is 0 Å². The van der Waals surface area contributed by atoms with Gasteiger partial charge in [0, 0.05) is 29.4 Å². The van der Waals surface area contributed by atoms with Crippen molar-refractivity contribution in [1.82, 2.24) is 5.32 Å². The molecule has 0 amide bonds. The highest BCUT2D eigenvalue weighted by atomic mass is 32.2. The van der Waals surface area contributed by atoms with Gasteiger partial charge in [0.2, 0.25) is 0 Å². The van der Waals surface area contributed by atoms with Crippen molar-refractivity contribution in [1.29, 1.82) is 5.26 Å². The van der Waals surface area contributed by atoms with Crippen LogP contribution in [0.4, 0.5) is 0 Å². The van der Waals surface area contributed by atoms with Crippen molar-refractivity contribution in [3.8, 4) is 6.07 Å². The van der Waals surface area contributed by atoms with Crippen molar-refractivity contribution >= 4 is 17.5 Å². The van der Waals surface area contributed by atoms with Gasteiger partial charge in [0.1, 0.15) is 0 Å². The maximum Gasteiger partial charge on any atom is 0.157 e. The second-order valence-corrected chi connectivity index (χ2v) is 7.12. The van der Waals surface area contributed by atoms with Crippen LogP contribution in [0.5, 0.6) is 0 Å². The first-order valence-electron chi connectivity index (χ1n) is 7.59. The van der Waals surface area contributed by atoms with Crippen LogP contribution < -0.4 is 5.32 Å². The molecule has 2 unspecified atom stereocenters. The number of nitrogens with zero attached hydrogens (tertiary/aromatic N) is 1. The molecule has 0 spiro atoms. The fourth-order valence-corrected chi connectivity index (χ4v) is 4.93. The highest BCUT2D eigenvalue weighted by Gasteiger charge is 2.36. The predicted octanol–water partition coefficient (Wildman–Crippen LogP) is 3.64. The summed E-state index contributed by atoms with van der Waals surface area (Å²) in [5.41, 5.74) is 1.92. The molecule has 0 bridgehead atoms. The lowest BCUT2D eigenvalue weighted by Crippen LogP contribution is -2.16. The van der Waals surface area contributed by atoms with E-state index in [0.717, 1.165) is 35.6 Å². The molecule has 0 radical (unpaired) electrons. The summed E-state index contributed by atoms with van der Waals surface area (Å²) in [7, 11) is 0. The van der Waals surface area contributed by atoms with Crippen LogP contribution in [-0.2, 0) is 4.79 Å². The zero-order valence-electron chi connectivity index (χ0n) is 11.7. The minimum atomic E-state index is 0.204. The van der Waals surface area contributed by atoms with Gasteiger partial charge in [0.15, 0.2) is 5.78 Å². The molecule has 1 saturated carbocycles. The predicted molar refractivity (Wildman–Crippen MR) is 80.7 cm³/mol. The Balaban J connectivity index is 1.79. The number of nitrogens with one attached hydrogen (secondary N) is 1. The van der Waals surface area contributed by atoms with E-state index < -0.39 is 0 Å². The molecule has 20 heavy (non-hydrogen) atoms. The standard InChI is InChI=1S/C16H20N2OS/c17-10-14-13-7-2-1-3-8-15(13)20-16(14)18-11-5-4-6-12(19)9-11/h9,13,15,18H,1-8H2. The monoisotopic (exact) mass is 288 g/mol. The molecule has 0 aromatic heterocycles. The van der Waals surface area contributed by atoms with E-state index in [2.05, 4.69) is 11.4 Å². The second kappa shape index (κ2) is 6.05. The van der Waals surface area contributed by atoms with Crippen LogP contribution >= 0.6 is 11.8 Å². The molecule has 3 aliphatic rings. The van der Waals surface area contributed by atoms with Gasteiger partial charge >= 0.3 is 0 Å². The van der Waals surface area contributed by atoms with Crippen molar-refractivity contribution in [2.75, 3.05) is 0 Å². The van der Waals surface area contributed by atoms with E-state index in [0.29, 0.717) is 17.6 Å². The third kappa shape index (κ3) is 2.78.